The van der Waals surface area contributed by atoms with Crippen LogP contribution in [0.3, 0.4) is 0 Å². The molecule has 1 N–H and O–H groups in total. The van der Waals surface area contributed by atoms with E-state index in [1.54, 1.807) is 6.07 Å². The molecule has 0 bridgehead atoms. The molecule has 1 aromatic rings. The molecule has 1 rings (SSSR count). The van der Waals surface area contributed by atoms with Gasteiger partial charge in [-0.15, -0.1) is 0 Å². The van der Waals surface area contributed by atoms with Crippen molar-refractivity contribution in [2.24, 2.45) is 0 Å². The van der Waals surface area contributed by atoms with E-state index in [-0.39, 0.29) is 23.7 Å². The van der Waals surface area contributed by atoms with Crippen LogP contribution in [0.25, 0.3) is 0 Å². The van der Waals surface area contributed by atoms with Gasteiger partial charge in [-0.1, -0.05) is 39.2 Å². The van der Waals surface area contributed by atoms with Crippen LogP contribution in [-0.4, -0.2) is 11.9 Å². The Morgan fingerprint density at radius 1 is 1.25 bits per heavy atom. The largest absolute Gasteiger partial charge is 0.350 e. The summed E-state index contributed by atoms with van der Waals surface area (Å²) < 4.78 is 13.4. The second-order valence-corrected chi connectivity index (χ2v) is 5.76. The first kappa shape index (κ1) is 16.7. The molecular formula is C17H26FNO. The molecule has 0 aliphatic heterocycles. The van der Waals surface area contributed by atoms with Crippen LogP contribution in [0.4, 0.5) is 4.39 Å². The lowest BCUT2D eigenvalue weighted by molar-refractivity contribution is 0.0941. The Morgan fingerprint density at radius 2 is 1.95 bits per heavy atom. The standard InChI is InChI=1S/C17H26FNO/c1-5-6-7-8-13(4)15-10-9-14(18)11-16(15)17(20)19-12(2)3/h9-13H,5-8H2,1-4H3,(H,19,20). The Labute approximate surface area is 121 Å². The maximum Gasteiger partial charge on any atom is 0.251 e. The molecule has 3 heteroatoms. The summed E-state index contributed by atoms with van der Waals surface area (Å²) in [6.45, 7) is 8.09. The lowest BCUT2D eigenvalue weighted by Gasteiger charge is -2.17. The number of nitrogens with one attached hydrogen (secondary N) is 1. The summed E-state index contributed by atoms with van der Waals surface area (Å²) in [5.74, 6) is -0.268. The molecule has 0 saturated heterocycles. The normalized spacial score (nSPS) is 12.5. The Kier molecular flexibility index (Phi) is 6.69. The molecule has 1 aromatic carbocycles. The van der Waals surface area contributed by atoms with Gasteiger partial charge in [0.2, 0.25) is 0 Å². The van der Waals surface area contributed by atoms with E-state index in [4.69, 9.17) is 0 Å². The highest BCUT2D eigenvalue weighted by atomic mass is 19.1. The third-order valence-corrected chi connectivity index (χ3v) is 3.45. The summed E-state index contributed by atoms with van der Waals surface area (Å²) in [5.41, 5.74) is 1.42. The van der Waals surface area contributed by atoms with E-state index in [0.717, 1.165) is 18.4 Å². The van der Waals surface area contributed by atoms with Gasteiger partial charge in [-0.2, -0.15) is 0 Å². The van der Waals surface area contributed by atoms with Crippen molar-refractivity contribution in [3.05, 3.63) is 35.1 Å². The summed E-state index contributed by atoms with van der Waals surface area (Å²) in [4.78, 5) is 12.2. The van der Waals surface area contributed by atoms with Crippen LogP contribution in [0.1, 0.15) is 75.2 Å². The molecule has 0 aliphatic carbocycles. The minimum atomic E-state index is -0.358. The number of amides is 1. The van der Waals surface area contributed by atoms with E-state index in [9.17, 15) is 9.18 Å². The molecule has 0 aromatic heterocycles. The highest BCUT2D eigenvalue weighted by Gasteiger charge is 2.17. The van der Waals surface area contributed by atoms with Crippen molar-refractivity contribution in [3.8, 4) is 0 Å². The van der Waals surface area contributed by atoms with Crippen LogP contribution < -0.4 is 5.32 Å². The Hall–Kier alpha value is -1.38. The fourth-order valence-electron chi connectivity index (χ4n) is 2.35. The van der Waals surface area contributed by atoms with E-state index >= 15 is 0 Å². The molecule has 112 valence electrons. The van der Waals surface area contributed by atoms with Crippen molar-refractivity contribution in [3.63, 3.8) is 0 Å². The summed E-state index contributed by atoms with van der Waals surface area (Å²) in [6, 6.07) is 4.59. The Bertz CT molecular complexity index is 443. The molecule has 0 spiro atoms. The minimum absolute atomic E-state index is 0.0500. The van der Waals surface area contributed by atoms with Crippen LogP contribution in [0, 0.1) is 5.82 Å². The number of rotatable bonds is 7. The molecule has 1 amide bonds. The smallest absolute Gasteiger partial charge is 0.251 e. The molecule has 2 nitrogen and oxygen atoms in total. The average Bonchev–Trinajstić information content (AvgIpc) is 2.37. The van der Waals surface area contributed by atoms with Gasteiger partial charge in [-0.3, -0.25) is 4.79 Å². The number of hydrogen-bond donors (Lipinski definition) is 1. The van der Waals surface area contributed by atoms with Gasteiger partial charge in [0, 0.05) is 11.6 Å². The molecule has 0 fully saturated rings. The molecule has 1 atom stereocenters. The first-order valence-corrected chi connectivity index (χ1v) is 7.56. The maximum absolute atomic E-state index is 13.4. The molecular weight excluding hydrogens is 253 g/mol. The lowest BCUT2D eigenvalue weighted by Crippen LogP contribution is -2.31. The van der Waals surface area contributed by atoms with Gasteiger partial charge in [0.25, 0.3) is 5.91 Å². The van der Waals surface area contributed by atoms with Gasteiger partial charge in [0.05, 0.1) is 0 Å². The fraction of sp³-hybridized carbons (Fsp3) is 0.588. The number of unbranched alkanes of at least 4 members (excludes halogenated alkanes) is 2. The first-order valence-electron chi connectivity index (χ1n) is 7.56. The van der Waals surface area contributed by atoms with Crippen molar-refractivity contribution >= 4 is 5.91 Å². The Balaban J connectivity index is 2.91. The van der Waals surface area contributed by atoms with E-state index in [0.29, 0.717) is 5.56 Å². The number of hydrogen-bond acceptors (Lipinski definition) is 1. The second kappa shape index (κ2) is 8.03. The highest BCUT2D eigenvalue weighted by molar-refractivity contribution is 5.96. The summed E-state index contributed by atoms with van der Waals surface area (Å²) in [5, 5.41) is 2.84. The zero-order valence-electron chi connectivity index (χ0n) is 13.0. The zero-order chi connectivity index (χ0) is 15.1. The van der Waals surface area contributed by atoms with E-state index in [1.165, 1.54) is 25.0 Å². The van der Waals surface area contributed by atoms with Crippen LogP contribution in [0.5, 0.6) is 0 Å². The van der Waals surface area contributed by atoms with E-state index in [1.807, 2.05) is 13.8 Å². The maximum atomic E-state index is 13.4. The van der Waals surface area contributed by atoms with Gasteiger partial charge < -0.3 is 5.32 Å². The van der Waals surface area contributed by atoms with Gasteiger partial charge in [0.15, 0.2) is 0 Å². The third kappa shape index (κ3) is 4.95. The van der Waals surface area contributed by atoms with E-state index in [2.05, 4.69) is 19.2 Å². The van der Waals surface area contributed by atoms with Gasteiger partial charge in [-0.25, -0.2) is 4.39 Å². The van der Waals surface area contributed by atoms with Crippen LogP contribution in [-0.2, 0) is 0 Å². The SMILES string of the molecule is CCCCCC(C)c1ccc(F)cc1C(=O)NC(C)C. The highest BCUT2D eigenvalue weighted by Crippen LogP contribution is 2.26. The van der Waals surface area contributed by atoms with Crippen molar-refractivity contribution in [2.75, 3.05) is 0 Å². The van der Waals surface area contributed by atoms with Crippen LogP contribution in [0.15, 0.2) is 18.2 Å². The summed E-state index contributed by atoms with van der Waals surface area (Å²) in [7, 11) is 0. The predicted molar refractivity (Wildman–Crippen MR) is 81.6 cm³/mol. The monoisotopic (exact) mass is 279 g/mol. The van der Waals surface area contributed by atoms with Crippen molar-refractivity contribution in [1.82, 2.24) is 5.32 Å². The van der Waals surface area contributed by atoms with Crippen molar-refractivity contribution in [1.29, 1.82) is 0 Å². The number of carbonyl (C=O) groups is 1. The number of halogens is 1. The molecule has 20 heavy (non-hydrogen) atoms. The molecule has 0 aliphatic rings. The van der Waals surface area contributed by atoms with Gasteiger partial charge >= 0.3 is 0 Å². The molecule has 0 saturated carbocycles. The van der Waals surface area contributed by atoms with Crippen molar-refractivity contribution < 1.29 is 9.18 Å². The average molecular weight is 279 g/mol. The predicted octanol–water partition coefficient (Wildman–Crippen LogP) is 4.65. The van der Waals surface area contributed by atoms with Crippen LogP contribution in [0.2, 0.25) is 0 Å². The summed E-state index contributed by atoms with van der Waals surface area (Å²) in [6.07, 6.45) is 4.54. The lowest BCUT2D eigenvalue weighted by atomic mass is 9.90. The molecule has 0 heterocycles. The third-order valence-electron chi connectivity index (χ3n) is 3.45. The zero-order valence-corrected chi connectivity index (χ0v) is 13.0. The fourth-order valence-corrected chi connectivity index (χ4v) is 2.35. The second-order valence-electron chi connectivity index (χ2n) is 5.76. The first-order chi connectivity index (χ1) is 9.45. The number of benzene rings is 1. The topological polar surface area (TPSA) is 29.1 Å². The van der Waals surface area contributed by atoms with Crippen molar-refractivity contribution in [2.45, 2.75) is 65.3 Å². The quantitative estimate of drug-likeness (QED) is 0.723. The summed E-state index contributed by atoms with van der Waals surface area (Å²) >= 11 is 0. The Morgan fingerprint density at radius 3 is 2.55 bits per heavy atom. The van der Waals surface area contributed by atoms with Gasteiger partial charge in [0.1, 0.15) is 5.82 Å². The minimum Gasteiger partial charge on any atom is -0.350 e. The molecule has 1 unspecified atom stereocenters. The number of carbonyl (C=O) groups excluding carboxylic acids is 1. The molecule has 0 radical (unpaired) electrons. The van der Waals surface area contributed by atoms with Gasteiger partial charge in [-0.05, 0) is 43.9 Å². The van der Waals surface area contributed by atoms with E-state index < -0.39 is 0 Å². The van der Waals surface area contributed by atoms with Crippen LogP contribution >= 0.6 is 0 Å².